The van der Waals surface area contributed by atoms with E-state index in [2.05, 4.69) is 20.9 Å². The number of carbonyl (C=O) groups is 1. The Hall–Kier alpha value is -3.01. The molecule has 10 heteroatoms. The lowest BCUT2D eigenvalue weighted by Crippen LogP contribution is -2.41. The number of aryl methyl sites for hydroxylation is 2. The van der Waals surface area contributed by atoms with Crippen LogP contribution in [0.25, 0.3) is 0 Å². The maximum absolute atomic E-state index is 13.1. The van der Waals surface area contributed by atoms with Gasteiger partial charge in [-0.05, 0) is 37.6 Å². The van der Waals surface area contributed by atoms with Gasteiger partial charge >= 0.3 is 6.18 Å². The van der Waals surface area contributed by atoms with Crippen LogP contribution in [0, 0.1) is 13.8 Å². The summed E-state index contributed by atoms with van der Waals surface area (Å²) in [4.78, 5) is 13.1. The van der Waals surface area contributed by atoms with Crippen LogP contribution in [0.15, 0.2) is 53.7 Å². The van der Waals surface area contributed by atoms with E-state index in [4.69, 9.17) is 0 Å². The van der Waals surface area contributed by atoms with Crippen LogP contribution in [0.5, 0.6) is 0 Å². The van der Waals surface area contributed by atoms with Gasteiger partial charge in [-0.3, -0.25) is 4.79 Å². The minimum absolute atomic E-state index is 0.0845. The first-order valence-corrected chi connectivity index (χ1v) is 10.0. The molecule has 0 fully saturated rings. The summed E-state index contributed by atoms with van der Waals surface area (Å²) in [5, 5.41) is 10.6. The average molecular weight is 433 g/mol. The van der Waals surface area contributed by atoms with Gasteiger partial charge in [0, 0.05) is 5.69 Å². The number of aromatic nitrogens is 3. The minimum Gasteiger partial charge on any atom is -0.325 e. The van der Waals surface area contributed by atoms with Crippen molar-refractivity contribution in [2.75, 3.05) is 10.7 Å². The van der Waals surface area contributed by atoms with E-state index in [1.54, 1.807) is 11.6 Å². The van der Waals surface area contributed by atoms with Crippen LogP contribution in [0.1, 0.15) is 28.6 Å². The van der Waals surface area contributed by atoms with Gasteiger partial charge in [0.05, 0.1) is 11.6 Å². The van der Waals surface area contributed by atoms with Crippen molar-refractivity contribution in [2.45, 2.75) is 36.5 Å². The van der Waals surface area contributed by atoms with E-state index in [1.807, 2.05) is 31.2 Å². The topological polar surface area (TPSA) is 71.8 Å². The largest absolute Gasteiger partial charge is 0.416 e. The molecule has 1 aromatic heterocycles. The van der Waals surface area contributed by atoms with E-state index < -0.39 is 28.9 Å². The third-order valence-corrected chi connectivity index (χ3v) is 5.97. The molecule has 0 bridgehead atoms. The molecule has 0 unspecified atom stereocenters. The molecular formula is C20H18F3N5OS. The molecule has 6 nitrogen and oxygen atoms in total. The Bertz CT molecular complexity index is 1080. The lowest BCUT2D eigenvalue weighted by atomic mass is 10.0. The molecule has 0 spiro atoms. The van der Waals surface area contributed by atoms with Gasteiger partial charge in [-0.25, -0.2) is 4.68 Å². The number of anilines is 1. The second-order valence-corrected chi connectivity index (χ2v) is 8.10. The van der Waals surface area contributed by atoms with E-state index in [1.165, 1.54) is 23.9 Å². The Morgan fingerprint density at radius 1 is 1.13 bits per heavy atom. The van der Waals surface area contributed by atoms with Crippen LogP contribution in [0.2, 0.25) is 0 Å². The highest BCUT2D eigenvalue weighted by Crippen LogP contribution is 2.38. The van der Waals surface area contributed by atoms with E-state index in [9.17, 15) is 18.0 Å². The van der Waals surface area contributed by atoms with Gasteiger partial charge in [-0.1, -0.05) is 47.7 Å². The number of benzene rings is 2. The maximum Gasteiger partial charge on any atom is 0.416 e. The van der Waals surface area contributed by atoms with Gasteiger partial charge in [0.25, 0.3) is 0 Å². The van der Waals surface area contributed by atoms with Crippen molar-refractivity contribution in [3.05, 3.63) is 71.0 Å². The molecule has 3 aromatic rings. The fraction of sp³-hybridized carbons (Fsp3) is 0.250. The van der Waals surface area contributed by atoms with Gasteiger partial charge in [0.2, 0.25) is 11.1 Å². The second kappa shape index (κ2) is 7.67. The van der Waals surface area contributed by atoms with E-state index in [-0.39, 0.29) is 5.69 Å². The SMILES string of the molecule is Cc1ccc([C@H]2Nn3c(C)nnc3S[C@H]2C(=O)Nc2cccc(C(F)(F)F)c2)cc1. The van der Waals surface area contributed by atoms with Gasteiger partial charge in [0.15, 0.2) is 0 Å². The zero-order chi connectivity index (χ0) is 21.5. The highest BCUT2D eigenvalue weighted by molar-refractivity contribution is 8.00. The van der Waals surface area contributed by atoms with Crippen LogP contribution in [-0.4, -0.2) is 26.0 Å². The number of nitrogens with zero attached hydrogens (tertiary/aromatic N) is 3. The smallest absolute Gasteiger partial charge is 0.325 e. The molecule has 0 saturated carbocycles. The molecule has 2 atom stereocenters. The van der Waals surface area contributed by atoms with E-state index in [0.29, 0.717) is 11.0 Å². The first kappa shape index (κ1) is 20.3. The molecule has 2 heterocycles. The van der Waals surface area contributed by atoms with Crippen molar-refractivity contribution in [1.82, 2.24) is 14.9 Å². The Kier molecular flexibility index (Phi) is 5.19. The Balaban J connectivity index is 1.64. The number of nitrogens with one attached hydrogen (secondary N) is 2. The molecule has 0 radical (unpaired) electrons. The molecule has 2 aromatic carbocycles. The van der Waals surface area contributed by atoms with Crippen LogP contribution >= 0.6 is 11.8 Å². The van der Waals surface area contributed by atoms with Gasteiger partial charge < -0.3 is 10.7 Å². The van der Waals surface area contributed by atoms with Gasteiger partial charge in [-0.15, -0.1) is 10.2 Å². The molecule has 2 N–H and O–H groups in total. The standard InChI is InChI=1S/C20H18F3N5OS/c1-11-6-8-13(9-7-11)16-17(30-19-26-25-12(2)28(19)27-16)18(29)24-15-5-3-4-14(10-15)20(21,22)23/h3-10,16-17,27H,1-2H3,(H,24,29)/t16-,17-/m1/s1. The van der Waals surface area contributed by atoms with E-state index >= 15 is 0 Å². The van der Waals surface area contributed by atoms with Crippen LogP contribution in [0.3, 0.4) is 0 Å². The normalized spacial score (nSPS) is 18.4. The number of alkyl halides is 3. The predicted octanol–water partition coefficient (Wildman–Crippen LogP) is 4.31. The summed E-state index contributed by atoms with van der Waals surface area (Å²) in [5.74, 6) is 0.218. The molecule has 0 saturated heterocycles. The Labute approximate surface area is 174 Å². The van der Waals surface area contributed by atoms with Crippen LogP contribution in [-0.2, 0) is 11.0 Å². The molecule has 0 aliphatic carbocycles. The van der Waals surface area contributed by atoms with Crippen molar-refractivity contribution in [3.8, 4) is 0 Å². The zero-order valence-corrected chi connectivity index (χ0v) is 16.9. The second-order valence-electron chi connectivity index (χ2n) is 6.99. The molecular weight excluding hydrogens is 415 g/mol. The third kappa shape index (κ3) is 4.00. The van der Waals surface area contributed by atoms with Crippen LogP contribution in [0.4, 0.5) is 18.9 Å². The fourth-order valence-corrected chi connectivity index (χ4v) is 4.30. The number of amides is 1. The molecule has 4 rings (SSSR count). The monoisotopic (exact) mass is 433 g/mol. The number of rotatable bonds is 3. The maximum atomic E-state index is 13.1. The van der Waals surface area contributed by atoms with Gasteiger partial charge in [0.1, 0.15) is 11.1 Å². The summed E-state index contributed by atoms with van der Waals surface area (Å²) in [6, 6.07) is 11.9. The first-order valence-electron chi connectivity index (χ1n) is 9.12. The third-order valence-electron chi connectivity index (χ3n) is 4.75. The number of hydrogen-bond donors (Lipinski definition) is 2. The minimum atomic E-state index is -4.49. The zero-order valence-electron chi connectivity index (χ0n) is 16.1. The number of carbonyl (C=O) groups excluding carboxylic acids is 1. The highest BCUT2D eigenvalue weighted by Gasteiger charge is 2.38. The van der Waals surface area contributed by atoms with Crippen molar-refractivity contribution >= 4 is 23.4 Å². The fourth-order valence-electron chi connectivity index (χ4n) is 3.17. The molecule has 1 aliphatic heterocycles. The lowest BCUT2D eigenvalue weighted by Gasteiger charge is -2.32. The summed E-state index contributed by atoms with van der Waals surface area (Å²) in [6.45, 7) is 3.76. The summed E-state index contributed by atoms with van der Waals surface area (Å²) in [6.07, 6.45) is -4.49. The van der Waals surface area contributed by atoms with Crippen molar-refractivity contribution in [3.63, 3.8) is 0 Å². The molecule has 30 heavy (non-hydrogen) atoms. The Morgan fingerprint density at radius 3 is 2.57 bits per heavy atom. The lowest BCUT2D eigenvalue weighted by molar-refractivity contribution is -0.137. The van der Waals surface area contributed by atoms with E-state index in [0.717, 1.165) is 23.3 Å². The summed E-state index contributed by atoms with van der Waals surface area (Å²) >= 11 is 1.21. The summed E-state index contributed by atoms with van der Waals surface area (Å²) in [5.41, 5.74) is 4.48. The number of halogens is 3. The quantitative estimate of drug-likeness (QED) is 0.644. The number of hydrogen-bond acceptors (Lipinski definition) is 5. The van der Waals surface area contributed by atoms with Crippen molar-refractivity contribution < 1.29 is 18.0 Å². The molecule has 156 valence electrons. The van der Waals surface area contributed by atoms with Gasteiger partial charge in [-0.2, -0.15) is 13.2 Å². The molecule has 1 amide bonds. The van der Waals surface area contributed by atoms with Crippen molar-refractivity contribution in [1.29, 1.82) is 0 Å². The summed E-state index contributed by atoms with van der Waals surface area (Å²) in [7, 11) is 0. The highest BCUT2D eigenvalue weighted by atomic mass is 32.2. The number of fused-ring (bicyclic) bond motifs is 1. The predicted molar refractivity (Wildman–Crippen MR) is 108 cm³/mol. The van der Waals surface area contributed by atoms with Crippen molar-refractivity contribution in [2.24, 2.45) is 0 Å². The Morgan fingerprint density at radius 2 is 1.87 bits per heavy atom. The van der Waals surface area contributed by atoms with Crippen LogP contribution < -0.4 is 10.7 Å². The summed E-state index contributed by atoms with van der Waals surface area (Å²) < 4.78 is 40.7. The first-order chi connectivity index (χ1) is 14.2. The average Bonchev–Trinajstić information content (AvgIpc) is 3.07. The number of thioether (sulfide) groups is 1. The molecule has 1 aliphatic rings.